The van der Waals surface area contributed by atoms with Crippen LogP contribution in [0.5, 0.6) is 5.75 Å². The molecule has 4 fully saturated rings. The van der Waals surface area contributed by atoms with Crippen molar-refractivity contribution in [2.24, 2.45) is 17.8 Å². The molecule has 8 heteroatoms. The largest absolute Gasteiger partial charge is 0.476 e. The maximum absolute atomic E-state index is 13.5. The number of sulfonamides is 1. The first-order valence-corrected chi connectivity index (χ1v) is 13.5. The number of anilines is 1. The molecule has 1 aliphatic heterocycles. The van der Waals surface area contributed by atoms with Gasteiger partial charge in [0.05, 0.1) is 17.1 Å². The maximum atomic E-state index is 13.5. The van der Waals surface area contributed by atoms with Gasteiger partial charge in [0.1, 0.15) is 5.75 Å². The minimum atomic E-state index is -3.90. The third kappa shape index (κ3) is 3.69. The number of benzene rings is 2. The van der Waals surface area contributed by atoms with E-state index in [2.05, 4.69) is 5.32 Å². The SMILES string of the molecule is O=C(NC12CC3CC(CC(C3)C1)C2)C1CN(S(=O)(=O)c2ccc(Cl)cc2)c2ccccc2O1. The Morgan fingerprint density at radius 2 is 1.58 bits per heavy atom. The van der Waals surface area contributed by atoms with Crippen molar-refractivity contribution in [2.45, 2.75) is 55.1 Å². The molecule has 174 valence electrons. The van der Waals surface area contributed by atoms with Crippen molar-refractivity contribution in [1.29, 1.82) is 0 Å². The van der Waals surface area contributed by atoms with Gasteiger partial charge in [-0.05, 0) is 92.7 Å². The highest BCUT2D eigenvalue weighted by Crippen LogP contribution is 2.55. The third-order valence-electron chi connectivity index (χ3n) is 7.86. The van der Waals surface area contributed by atoms with Gasteiger partial charge in [-0.2, -0.15) is 0 Å². The predicted octanol–water partition coefficient (Wildman–Crippen LogP) is 4.38. The number of para-hydroxylation sites is 2. The molecule has 0 radical (unpaired) electrons. The molecule has 0 aromatic heterocycles. The highest BCUT2D eigenvalue weighted by molar-refractivity contribution is 7.92. The zero-order chi connectivity index (χ0) is 22.8. The van der Waals surface area contributed by atoms with E-state index in [0.717, 1.165) is 19.3 Å². The average Bonchev–Trinajstić information content (AvgIpc) is 2.77. The number of amides is 1. The molecule has 2 aromatic rings. The van der Waals surface area contributed by atoms with E-state index in [0.29, 0.717) is 34.2 Å². The molecule has 33 heavy (non-hydrogen) atoms. The maximum Gasteiger partial charge on any atom is 0.264 e. The number of rotatable bonds is 4. The molecule has 2 aromatic carbocycles. The van der Waals surface area contributed by atoms with Crippen LogP contribution < -0.4 is 14.4 Å². The van der Waals surface area contributed by atoms with Gasteiger partial charge in [-0.25, -0.2) is 8.42 Å². The van der Waals surface area contributed by atoms with E-state index < -0.39 is 16.1 Å². The van der Waals surface area contributed by atoms with Crippen molar-refractivity contribution >= 4 is 33.2 Å². The van der Waals surface area contributed by atoms with E-state index in [4.69, 9.17) is 16.3 Å². The van der Waals surface area contributed by atoms with Crippen LogP contribution in [0.4, 0.5) is 5.69 Å². The van der Waals surface area contributed by atoms with Crippen molar-refractivity contribution in [3.8, 4) is 5.75 Å². The summed E-state index contributed by atoms with van der Waals surface area (Å²) in [5.41, 5.74) is 0.276. The second-order valence-corrected chi connectivity index (χ2v) is 12.6. The highest BCUT2D eigenvalue weighted by Gasteiger charge is 2.52. The predicted molar refractivity (Wildman–Crippen MR) is 126 cm³/mol. The van der Waals surface area contributed by atoms with Gasteiger partial charge in [-0.3, -0.25) is 9.10 Å². The topological polar surface area (TPSA) is 75.7 Å². The molecule has 1 unspecified atom stereocenters. The Labute approximate surface area is 199 Å². The van der Waals surface area contributed by atoms with E-state index in [-0.39, 0.29) is 22.9 Å². The summed E-state index contributed by atoms with van der Waals surface area (Å²) < 4.78 is 34.4. The molecule has 5 aliphatic rings. The van der Waals surface area contributed by atoms with Gasteiger partial charge in [0, 0.05) is 10.6 Å². The molecule has 1 amide bonds. The van der Waals surface area contributed by atoms with Crippen molar-refractivity contribution in [3.05, 3.63) is 53.6 Å². The monoisotopic (exact) mass is 486 g/mol. The van der Waals surface area contributed by atoms with Crippen LogP contribution in [0.2, 0.25) is 5.02 Å². The van der Waals surface area contributed by atoms with E-state index in [9.17, 15) is 13.2 Å². The second kappa shape index (κ2) is 7.64. The normalized spacial score (nSPS) is 32.2. The Hall–Kier alpha value is -2.25. The van der Waals surface area contributed by atoms with Crippen LogP contribution in [0.1, 0.15) is 38.5 Å². The fraction of sp³-hybridized carbons (Fsp3) is 0.480. The summed E-state index contributed by atoms with van der Waals surface area (Å²) in [6.07, 6.45) is 6.04. The lowest BCUT2D eigenvalue weighted by Crippen LogP contribution is -2.63. The van der Waals surface area contributed by atoms with Gasteiger partial charge in [-0.15, -0.1) is 0 Å². The first-order valence-electron chi connectivity index (χ1n) is 11.7. The molecule has 1 N–H and O–H groups in total. The average molecular weight is 487 g/mol. The smallest absolute Gasteiger partial charge is 0.264 e. The van der Waals surface area contributed by atoms with Gasteiger partial charge < -0.3 is 10.1 Å². The first kappa shape index (κ1) is 21.3. The van der Waals surface area contributed by atoms with Crippen molar-refractivity contribution < 1.29 is 17.9 Å². The quantitative estimate of drug-likeness (QED) is 0.695. The van der Waals surface area contributed by atoms with Crippen LogP contribution >= 0.6 is 11.6 Å². The lowest BCUT2D eigenvalue weighted by atomic mass is 9.53. The van der Waals surface area contributed by atoms with Gasteiger partial charge in [0.2, 0.25) is 0 Å². The first-order chi connectivity index (χ1) is 15.8. The van der Waals surface area contributed by atoms with Crippen molar-refractivity contribution in [1.82, 2.24) is 5.32 Å². The summed E-state index contributed by atoms with van der Waals surface area (Å²) in [5.74, 6) is 2.28. The Kier molecular flexibility index (Phi) is 4.93. The van der Waals surface area contributed by atoms with E-state index in [1.54, 1.807) is 36.4 Å². The molecule has 0 spiro atoms. The minimum absolute atomic E-state index is 0.0693. The second-order valence-electron chi connectivity index (χ2n) is 10.3. The van der Waals surface area contributed by atoms with Gasteiger partial charge >= 0.3 is 0 Å². The van der Waals surface area contributed by atoms with Gasteiger partial charge in [-0.1, -0.05) is 23.7 Å². The van der Waals surface area contributed by atoms with Crippen LogP contribution in [0, 0.1) is 17.8 Å². The lowest BCUT2D eigenvalue weighted by molar-refractivity contribution is -0.133. The third-order valence-corrected chi connectivity index (χ3v) is 9.90. The summed E-state index contributed by atoms with van der Waals surface area (Å²) >= 11 is 5.96. The standard InChI is InChI=1S/C25H27ClN2O4S/c26-19-5-7-20(8-6-19)33(30,31)28-15-23(32-22-4-2-1-3-21(22)28)24(29)27-25-12-16-9-17(13-25)11-18(10-16)14-25/h1-8,16-18,23H,9-15H2,(H,27,29). The molecule has 1 heterocycles. The number of nitrogens with one attached hydrogen (secondary N) is 1. The molecule has 7 rings (SSSR count). The molecule has 1 atom stereocenters. The summed E-state index contributed by atoms with van der Waals surface area (Å²) in [7, 11) is -3.90. The van der Waals surface area contributed by atoms with Crippen LogP contribution in [0.3, 0.4) is 0 Å². The Bertz CT molecular complexity index is 1160. The molecular formula is C25H27ClN2O4S. The molecule has 4 aliphatic carbocycles. The van der Waals surface area contributed by atoms with Gasteiger partial charge in [0.25, 0.3) is 15.9 Å². The molecule has 0 saturated heterocycles. The fourth-order valence-corrected chi connectivity index (χ4v) is 8.51. The number of fused-ring (bicyclic) bond motifs is 1. The zero-order valence-electron chi connectivity index (χ0n) is 18.2. The molecule has 4 saturated carbocycles. The number of carbonyl (C=O) groups is 1. The van der Waals surface area contributed by atoms with Crippen molar-refractivity contribution in [2.75, 3.05) is 10.8 Å². The van der Waals surface area contributed by atoms with E-state index in [1.807, 2.05) is 0 Å². The number of hydrogen-bond acceptors (Lipinski definition) is 4. The molecule has 6 nitrogen and oxygen atoms in total. The van der Waals surface area contributed by atoms with E-state index >= 15 is 0 Å². The number of nitrogens with zero attached hydrogens (tertiary/aromatic N) is 1. The number of halogens is 1. The van der Waals surface area contributed by atoms with Crippen LogP contribution in [0.25, 0.3) is 0 Å². The molecular weight excluding hydrogens is 460 g/mol. The Balaban J connectivity index is 1.29. The number of hydrogen-bond donors (Lipinski definition) is 1. The number of carbonyl (C=O) groups excluding carboxylic acids is 1. The van der Waals surface area contributed by atoms with E-state index in [1.165, 1.54) is 35.7 Å². The van der Waals surface area contributed by atoms with Crippen LogP contribution in [-0.4, -0.2) is 32.5 Å². The zero-order valence-corrected chi connectivity index (χ0v) is 19.8. The lowest BCUT2D eigenvalue weighted by Gasteiger charge is -2.57. The van der Waals surface area contributed by atoms with Crippen molar-refractivity contribution in [3.63, 3.8) is 0 Å². The minimum Gasteiger partial charge on any atom is -0.476 e. The Morgan fingerprint density at radius 3 is 2.21 bits per heavy atom. The summed E-state index contributed by atoms with van der Waals surface area (Å²) in [6, 6.07) is 13.0. The molecule has 4 bridgehead atoms. The summed E-state index contributed by atoms with van der Waals surface area (Å²) in [6.45, 7) is -0.0693. The summed E-state index contributed by atoms with van der Waals surface area (Å²) in [5, 5.41) is 3.80. The fourth-order valence-electron chi connectivity index (χ4n) is 6.91. The van der Waals surface area contributed by atoms with Gasteiger partial charge in [0.15, 0.2) is 6.10 Å². The van der Waals surface area contributed by atoms with Crippen LogP contribution in [-0.2, 0) is 14.8 Å². The Morgan fingerprint density at radius 1 is 0.970 bits per heavy atom. The number of ether oxygens (including phenoxy) is 1. The summed E-state index contributed by atoms with van der Waals surface area (Å²) in [4.78, 5) is 13.6. The highest BCUT2D eigenvalue weighted by atomic mass is 35.5. The van der Waals surface area contributed by atoms with Crippen LogP contribution in [0.15, 0.2) is 53.4 Å².